The Morgan fingerprint density at radius 2 is 2.16 bits per heavy atom. The van der Waals surface area contributed by atoms with Gasteiger partial charge < -0.3 is 5.73 Å². The van der Waals surface area contributed by atoms with Gasteiger partial charge in [0, 0.05) is 18.6 Å². The maximum Gasteiger partial charge on any atom is 0.126 e. The maximum absolute atomic E-state index is 13.8. The first-order valence-corrected chi connectivity index (χ1v) is 7.27. The summed E-state index contributed by atoms with van der Waals surface area (Å²) in [5.41, 5.74) is 6.65. The third-order valence-corrected chi connectivity index (χ3v) is 4.60. The minimum Gasteiger partial charge on any atom is -0.329 e. The number of nitrogens with two attached hydrogens (primary N) is 1. The molecule has 2 unspecified atom stereocenters. The lowest BCUT2D eigenvalue weighted by Crippen LogP contribution is -2.52. The summed E-state index contributed by atoms with van der Waals surface area (Å²) in [6.07, 6.45) is 3.15. The van der Waals surface area contributed by atoms with Gasteiger partial charge in [-0.15, -0.1) is 0 Å². The van der Waals surface area contributed by atoms with E-state index in [2.05, 4.69) is 18.7 Å². The molecule has 2 rings (SSSR count). The van der Waals surface area contributed by atoms with Crippen LogP contribution in [-0.2, 0) is 6.42 Å². The Labute approximate surface area is 115 Å². The second-order valence-corrected chi connectivity index (χ2v) is 5.98. The molecule has 1 aromatic carbocycles. The molecule has 0 amide bonds. The summed E-state index contributed by atoms with van der Waals surface area (Å²) >= 11 is 0. The van der Waals surface area contributed by atoms with Gasteiger partial charge in [0.15, 0.2) is 0 Å². The Hall–Kier alpha value is -0.930. The van der Waals surface area contributed by atoms with E-state index in [9.17, 15) is 4.39 Å². The summed E-state index contributed by atoms with van der Waals surface area (Å²) in [6, 6.07) is 7.04. The van der Waals surface area contributed by atoms with E-state index in [1.165, 1.54) is 18.9 Å². The number of nitrogens with zero attached hydrogens (tertiary/aromatic N) is 1. The molecule has 1 aliphatic rings. The van der Waals surface area contributed by atoms with E-state index >= 15 is 0 Å². The molecule has 0 aliphatic carbocycles. The SMILES string of the molecule is CCC1CCN(C(C)(CN)Cc2ccccc2F)C1. The molecule has 1 saturated heterocycles. The Kier molecular flexibility index (Phi) is 4.58. The topological polar surface area (TPSA) is 29.3 Å². The zero-order valence-electron chi connectivity index (χ0n) is 12.0. The van der Waals surface area contributed by atoms with Crippen molar-refractivity contribution < 1.29 is 4.39 Å². The molecule has 2 N–H and O–H groups in total. The molecule has 1 aromatic rings. The van der Waals surface area contributed by atoms with Gasteiger partial charge in [-0.05, 0) is 43.9 Å². The van der Waals surface area contributed by atoms with E-state index in [1.807, 2.05) is 12.1 Å². The molecule has 2 nitrogen and oxygen atoms in total. The van der Waals surface area contributed by atoms with Crippen molar-refractivity contribution in [3.63, 3.8) is 0 Å². The standard InChI is InChI=1S/C16H25FN2/c1-3-13-8-9-19(11-13)16(2,12-18)10-14-6-4-5-7-15(14)17/h4-7,13H,3,8-12,18H2,1-2H3. The van der Waals surface area contributed by atoms with Crippen LogP contribution >= 0.6 is 0 Å². The van der Waals surface area contributed by atoms with Crippen molar-refractivity contribution >= 4 is 0 Å². The highest BCUT2D eigenvalue weighted by Gasteiger charge is 2.36. The lowest BCUT2D eigenvalue weighted by molar-refractivity contribution is 0.136. The molecule has 19 heavy (non-hydrogen) atoms. The predicted molar refractivity (Wildman–Crippen MR) is 77.5 cm³/mol. The van der Waals surface area contributed by atoms with Gasteiger partial charge in [-0.3, -0.25) is 4.90 Å². The van der Waals surface area contributed by atoms with Gasteiger partial charge in [0.1, 0.15) is 5.82 Å². The quantitative estimate of drug-likeness (QED) is 0.886. The van der Waals surface area contributed by atoms with Crippen molar-refractivity contribution in [3.05, 3.63) is 35.6 Å². The lowest BCUT2D eigenvalue weighted by atomic mass is 9.90. The summed E-state index contributed by atoms with van der Waals surface area (Å²) in [7, 11) is 0. The number of hydrogen-bond acceptors (Lipinski definition) is 2. The van der Waals surface area contributed by atoms with E-state index in [0.29, 0.717) is 13.0 Å². The molecule has 3 heteroatoms. The summed E-state index contributed by atoms with van der Waals surface area (Å²) < 4.78 is 13.8. The Morgan fingerprint density at radius 3 is 2.74 bits per heavy atom. The molecule has 1 heterocycles. The molecule has 0 aromatic heterocycles. The number of likely N-dealkylation sites (tertiary alicyclic amines) is 1. The van der Waals surface area contributed by atoms with E-state index in [1.54, 1.807) is 6.07 Å². The van der Waals surface area contributed by atoms with Crippen LogP contribution in [0.4, 0.5) is 4.39 Å². The molecule has 2 atom stereocenters. The van der Waals surface area contributed by atoms with Crippen LogP contribution in [0.15, 0.2) is 24.3 Å². The van der Waals surface area contributed by atoms with Crippen molar-refractivity contribution in [1.29, 1.82) is 0 Å². The first-order chi connectivity index (χ1) is 9.09. The first-order valence-electron chi connectivity index (χ1n) is 7.27. The van der Waals surface area contributed by atoms with Gasteiger partial charge in [0.25, 0.3) is 0 Å². The van der Waals surface area contributed by atoms with Crippen LogP contribution in [-0.4, -0.2) is 30.1 Å². The molecular formula is C16H25FN2. The molecule has 0 saturated carbocycles. The predicted octanol–water partition coefficient (Wildman–Crippen LogP) is 2.82. The van der Waals surface area contributed by atoms with Crippen LogP contribution in [0.5, 0.6) is 0 Å². The monoisotopic (exact) mass is 264 g/mol. The Morgan fingerprint density at radius 1 is 1.42 bits per heavy atom. The third kappa shape index (κ3) is 3.15. The smallest absolute Gasteiger partial charge is 0.126 e. The normalized spacial score (nSPS) is 23.5. The fourth-order valence-corrected chi connectivity index (χ4v) is 3.02. The van der Waals surface area contributed by atoms with Crippen molar-refractivity contribution in [2.24, 2.45) is 11.7 Å². The van der Waals surface area contributed by atoms with Gasteiger partial charge >= 0.3 is 0 Å². The van der Waals surface area contributed by atoms with Crippen LogP contribution in [0, 0.1) is 11.7 Å². The minimum atomic E-state index is -0.133. The number of halogens is 1. The molecular weight excluding hydrogens is 239 g/mol. The van der Waals surface area contributed by atoms with Crippen LogP contribution in [0.3, 0.4) is 0 Å². The highest BCUT2D eigenvalue weighted by Crippen LogP contribution is 2.29. The van der Waals surface area contributed by atoms with Gasteiger partial charge in [-0.2, -0.15) is 0 Å². The number of hydrogen-bond donors (Lipinski definition) is 1. The van der Waals surface area contributed by atoms with Gasteiger partial charge in [0.2, 0.25) is 0 Å². The third-order valence-electron chi connectivity index (χ3n) is 4.60. The largest absolute Gasteiger partial charge is 0.329 e. The average Bonchev–Trinajstić information content (AvgIpc) is 2.91. The second kappa shape index (κ2) is 6.02. The highest BCUT2D eigenvalue weighted by atomic mass is 19.1. The van der Waals surface area contributed by atoms with Crippen LogP contribution in [0.2, 0.25) is 0 Å². The van der Waals surface area contributed by atoms with Crippen molar-refractivity contribution in [2.75, 3.05) is 19.6 Å². The molecule has 1 aliphatic heterocycles. The fraction of sp³-hybridized carbons (Fsp3) is 0.625. The van der Waals surface area contributed by atoms with Crippen molar-refractivity contribution in [1.82, 2.24) is 4.90 Å². The molecule has 0 bridgehead atoms. The zero-order chi connectivity index (χ0) is 13.9. The minimum absolute atomic E-state index is 0.117. The van der Waals surface area contributed by atoms with Crippen molar-refractivity contribution in [3.8, 4) is 0 Å². The van der Waals surface area contributed by atoms with E-state index in [0.717, 1.165) is 24.6 Å². The zero-order valence-corrected chi connectivity index (χ0v) is 12.0. The van der Waals surface area contributed by atoms with Gasteiger partial charge in [-0.25, -0.2) is 4.39 Å². The fourth-order valence-electron chi connectivity index (χ4n) is 3.02. The van der Waals surface area contributed by atoms with Crippen molar-refractivity contribution in [2.45, 2.75) is 38.6 Å². The highest BCUT2D eigenvalue weighted by molar-refractivity contribution is 5.20. The number of rotatable bonds is 5. The lowest BCUT2D eigenvalue weighted by Gasteiger charge is -2.38. The van der Waals surface area contributed by atoms with E-state index < -0.39 is 0 Å². The van der Waals surface area contributed by atoms with E-state index in [4.69, 9.17) is 5.73 Å². The maximum atomic E-state index is 13.8. The summed E-state index contributed by atoms with van der Waals surface area (Å²) in [4.78, 5) is 2.45. The Bertz CT molecular complexity index is 421. The van der Waals surface area contributed by atoms with Gasteiger partial charge in [-0.1, -0.05) is 31.5 Å². The average molecular weight is 264 g/mol. The van der Waals surface area contributed by atoms with Crippen LogP contribution in [0.25, 0.3) is 0 Å². The molecule has 0 spiro atoms. The first kappa shape index (κ1) is 14.5. The van der Waals surface area contributed by atoms with E-state index in [-0.39, 0.29) is 11.4 Å². The number of benzene rings is 1. The summed E-state index contributed by atoms with van der Waals surface area (Å²) in [5.74, 6) is 0.653. The molecule has 106 valence electrons. The van der Waals surface area contributed by atoms with Gasteiger partial charge in [0.05, 0.1) is 0 Å². The second-order valence-electron chi connectivity index (χ2n) is 5.98. The molecule has 0 radical (unpaired) electrons. The van der Waals surface area contributed by atoms with Crippen LogP contribution < -0.4 is 5.73 Å². The van der Waals surface area contributed by atoms with Crippen LogP contribution in [0.1, 0.15) is 32.3 Å². The Balaban J connectivity index is 2.12. The summed E-state index contributed by atoms with van der Waals surface area (Å²) in [5, 5.41) is 0. The molecule has 1 fully saturated rings. The summed E-state index contributed by atoms with van der Waals surface area (Å²) in [6.45, 7) is 7.15.